The first-order valence-electron chi connectivity index (χ1n) is 7.72. The molecule has 0 spiro atoms. The second-order valence-electron chi connectivity index (χ2n) is 5.78. The van der Waals surface area contributed by atoms with Crippen LogP contribution in [0.15, 0.2) is 34.9 Å². The summed E-state index contributed by atoms with van der Waals surface area (Å²) in [6.45, 7) is 4.94. The molecule has 0 unspecified atom stereocenters. The third-order valence-electron chi connectivity index (χ3n) is 4.05. The summed E-state index contributed by atoms with van der Waals surface area (Å²) in [6.07, 6.45) is 0. The molecular formula is C16H18N4O4. The molecular weight excluding hydrogens is 312 g/mol. The molecule has 2 heterocycles. The van der Waals surface area contributed by atoms with E-state index in [9.17, 15) is 14.9 Å². The van der Waals surface area contributed by atoms with Crippen LogP contribution in [0.5, 0.6) is 0 Å². The molecule has 1 aromatic carbocycles. The smallest absolute Gasteiger partial charge is 0.282 e. The Bertz CT molecular complexity index is 750. The Morgan fingerprint density at radius 1 is 1.29 bits per heavy atom. The van der Waals surface area contributed by atoms with Gasteiger partial charge < -0.3 is 9.42 Å². The van der Waals surface area contributed by atoms with Crippen molar-refractivity contribution in [1.29, 1.82) is 0 Å². The molecule has 126 valence electrons. The maximum atomic E-state index is 12.6. The Balaban J connectivity index is 1.62. The van der Waals surface area contributed by atoms with Crippen molar-refractivity contribution >= 4 is 11.6 Å². The van der Waals surface area contributed by atoms with Crippen molar-refractivity contribution in [3.05, 3.63) is 57.5 Å². The van der Waals surface area contributed by atoms with Crippen molar-refractivity contribution in [2.75, 3.05) is 26.2 Å². The zero-order valence-electron chi connectivity index (χ0n) is 13.3. The van der Waals surface area contributed by atoms with E-state index in [2.05, 4.69) is 10.1 Å². The van der Waals surface area contributed by atoms with Gasteiger partial charge in [0.15, 0.2) is 5.76 Å². The lowest BCUT2D eigenvalue weighted by atomic mass is 10.1. The van der Waals surface area contributed by atoms with E-state index in [1.807, 2.05) is 13.0 Å². The van der Waals surface area contributed by atoms with Crippen LogP contribution in [0.2, 0.25) is 0 Å². The number of rotatable bonds is 4. The van der Waals surface area contributed by atoms with Gasteiger partial charge in [-0.3, -0.25) is 19.8 Å². The second kappa shape index (κ2) is 6.79. The van der Waals surface area contributed by atoms with Crippen LogP contribution in [0.4, 0.5) is 5.69 Å². The van der Waals surface area contributed by atoms with E-state index in [-0.39, 0.29) is 17.2 Å². The summed E-state index contributed by atoms with van der Waals surface area (Å²) >= 11 is 0. The van der Waals surface area contributed by atoms with Crippen molar-refractivity contribution < 1.29 is 14.2 Å². The molecule has 1 amide bonds. The largest absolute Gasteiger partial charge is 0.360 e. The van der Waals surface area contributed by atoms with E-state index >= 15 is 0 Å². The second-order valence-corrected chi connectivity index (χ2v) is 5.78. The highest BCUT2D eigenvalue weighted by molar-refractivity contribution is 5.98. The number of nitrogens with zero attached hydrogens (tertiary/aromatic N) is 4. The third-order valence-corrected chi connectivity index (χ3v) is 4.05. The molecule has 1 aliphatic rings. The number of nitro groups is 1. The Morgan fingerprint density at radius 3 is 2.62 bits per heavy atom. The predicted molar refractivity (Wildman–Crippen MR) is 85.5 cm³/mol. The first-order valence-corrected chi connectivity index (χ1v) is 7.72. The van der Waals surface area contributed by atoms with Crippen LogP contribution in [0, 0.1) is 17.0 Å². The topological polar surface area (TPSA) is 92.7 Å². The Kier molecular flexibility index (Phi) is 4.57. The SMILES string of the molecule is Cc1cc(CN2CCN(C(=O)c3ccccc3[N+](=O)[O-])CC2)on1. The van der Waals surface area contributed by atoms with Crippen LogP contribution < -0.4 is 0 Å². The Hall–Kier alpha value is -2.74. The van der Waals surface area contributed by atoms with Crippen molar-refractivity contribution in [1.82, 2.24) is 15.0 Å². The van der Waals surface area contributed by atoms with E-state index in [4.69, 9.17) is 4.52 Å². The van der Waals surface area contributed by atoms with Gasteiger partial charge in [0, 0.05) is 38.3 Å². The monoisotopic (exact) mass is 330 g/mol. The predicted octanol–water partition coefficient (Wildman–Crippen LogP) is 1.85. The van der Waals surface area contributed by atoms with Crippen LogP contribution in [0.3, 0.4) is 0 Å². The van der Waals surface area contributed by atoms with Gasteiger partial charge >= 0.3 is 0 Å². The lowest BCUT2D eigenvalue weighted by Crippen LogP contribution is -2.48. The molecule has 1 fully saturated rings. The highest BCUT2D eigenvalue weighted by Crippen LogP contribution is 2.20. The van der Waals surface area contributed by atoms with Gasteiger partial charge in [0.1, 0.15) is 5.56 Å². The fourth-order valence-electron chi connectivity index (χ4n) is 2.80. The summed E-state index contributed by atoms with van der Waals surface area (Å²) < 4.78 is 5.21. The summed E-state index contributed by atoms with van der Waals surface area (Å²) in [6, 6.07) is 7.96. The zero-order chi connectivity index (χ0) is 17.1. The number of hydrogen-bond donors (Lipinski definition) is 0. The minimum Gasteiger partial charge on any atom is -0.360 e. The Labute approximate surface area is 138 Å². The molecule has 0 aliphatic carbocycles. The molecule has 8 nitrogen and oxygen atoms in total. The molecule has 0 radical (unpaired) electrons. The zero-order valence-corrected chi connectivity index (χ0v) is 13.3. The maximum absolute atomic E-state index is 12.6. The van der Waals surface area contributed by atoms with Gasteiger partial charge in [-0.25, -0.2) is 0 Å². The number of benzene rings is 1. The molecule has 0 atom stereocenters. The number of carbonyl (C=O) groups excluding carboxylic acids is 1. The third kappa shape index (κ3) is 3.43. The van der Waals surface area contributed by atoms with E-state index in [1.165, 1.54) is 12.1 Å². The molecule has 0 bridgehead atoms. The van der Waals surface area contributed by atoms with Crippen LogP contribution in [-0.4, -0.2) is 52.0 Å². The van der Waals surface area contributed by atoms with Crippen molar-refractivity contribution in [2.24, 2.45) is 0 Å². The van der Waals surface area contributed by atoms with Crippen LogP contribution >= 0.6 is 0 Å². The highest BCUT2D eigenvalue weighted by Gasteiger charge is 2.27. The summed E-state index contributed by atoms with van der Waals surface area (Å²) in [5, 5.41) is 14.9. The number of nitro benzene ring substituents is 1. The molecule has 24 heavy (non-hydrogen) atoms. The molecule has 1 aliphatic heterocycles. The highest BCUT2D eigenvalue weighted by atomic mass is 16.6. The lowest BCUT2D eigenvalue weighted by molar-refractivity contribution is -0.385. The number of amides is 1. The fraction of sp³-hybridized carbons (Fsp3) is 0.375. The van der Waals surface area contributed by atoms with Crippen LogP contribution in [0.1, 0.15) is 21.8 Å². The van der Waals surface area contributed by atoms with Gasteiger partial charge in [0.05, 0.1) is 17.2 Å². The van der Waals surface area contributed by atoms with Crippen molar-refractivity contribution in [3.63, 3.8) is 0 Å². The number of piperazine rings is 1. The van der Waals surface area contributed by atoms with Crippen molar-refractivity contribution in [3.8, 4) is 0 Å². The number of aromatic nitrogens is 1. The first-order chi connectivity index (χ1) is 11.5. The number of para-hydroxylation sites is 1. The summed E-state index contributed by atoms with van der Waals surface area (Å²) in [7, 11) is 0. The van der Waals surface area contributed by atoms with E-state index in [0.717, 1.165) is 11.5 Å². The first kappa shape index (κ1) is 16.1. The van der Waals surface area contributed by atoms with E-state index in [0.29, 0.717) is 32.7 Å². The quantitative estimate of drug-likeness (QED) is 0.627. The summed E-state index contributed by atoms with van der Waals surface area (Å²) in [5.41, 5.74) is 0.832. The van der Waals surface area contributed by atoms with Gasteiger partial charge in [-0.15, -0.1) is 0 Å². The lowest BCUT2D eigenvalue weighted by Gasteiger charge is -2.34. The molecule has 0 saturated carbocycles. The van der Waals surface area contributed by atoms with Gasteiger partial charge in [0.25, 0.3) is 11.6 Å². The van der Waals surface area contributed by atoms with Gasteiger partial charge in [-0.1, -0.05) is 17.3 Å². The minimum atomic E-state index is -0.518. The molecule has 1 saturated heterocycles. The normalized spacial score (nSPS) is 15.5. The molecule has 3 rings (SSSR count). The van der Waals surface area contributed by atoms with Gasteiger partial charge in [0.2, 0.25) is 0 Å². The molecule has 1 aromatic heterocycles. The van der Waals surface area contributed by atoms with E-state index < -0.39 is 4.92 Å². The molecule has 8 heteroatoms. The molecule has 2 aromatic rings. The van der Waals surface area contributed by atoms with Gasteiger partial charge in [-0.05, 0) is 13.0 Å². The van der Waals surface area contributed by atoms with Gasteiger partial charge in [-0.2, -0.15) is 0 Å². The number of carbonyl (C=O) groups is 1. The van der Waals surface area contributed by atoms with Crippen LogP contribution in [0.25, 0.3) is 0 Å². The van der Waals surface area contributed by atoms with Crippen molar-refractivity contribution in [2.45, 2.75) is 13.5 Å². The maximum Gasteiger partial charge on any atom is 0.282 e. The number of aryl methyl sites for hydroxylation is 1. The summed E-state index contributed by atoms with van der Waals surface area (Å²) in [4.78, 5) is 27.0. The number of hydrogen-bond acceptors (Lipinski definition) is 6. The standard InChI is InChI=1S/C16H18N4O4/c1-12-10-13(24-17-12)11-18-6-8-19(9-7-18)16(21)14-4-2-3-5-15(14)20(22)23/h2-5,10H,6-9,11H2,1H3. The average Bonchev–Trinajstić information content (AvgIpc) is 3.00. The average molecular weight is 330 g/mol. The Morgan fingerprint density at radius 2 is 2.00 bits per heavy atom. The van der Waals surface area contributed by atoms with Crippen LogP contribution in [-0.2, 0) is 6.54 Å². The summed E-state index contributed by atoms with van der Waals surface area (Å²) in [5.74, 6) is 0.503. The minimum absolute atomic E-state index is 0.141. The fourth-order valence-corrected chi connectivity index (χ4v) is 2.80. The van der Waals surface area contributed by atoms with E-state index in [1.54, 1.807) is 17.0 Å². The molecule has 0 N–H and O–H groups in total.